The number of carboxylic acid groups (broad SMARTS) is 2. The van der Waals surface area contributed by atoms with Gasteiger partial charge in [-0.1, -0.05) is 0 Å². The van der Waals surface area contributed by atoms with Gasteiger partial charge in [-0.25, -0.2) is 0 Å². The lowest BCUT2D eigenvalue weighted by molar-refractivity contribution is -0.141. The third-order valence-electron chi connectivity index (χ3n) is 11.4. The van der Waals surface area contributed by atoms with Crippen molar-refractivity contribution in [3.05, 3.63) is 0 Å². The van der Waals surface area contributed by atoms with Crippen LogP contribution in [0.4, 0.5) is 0 Å². The summed E-state index contributed by atoms with van der Waals surface area (Å²) in [6.07, 6.45) is -1.90. The average Bonchev–Trinajstić information content (AvgIpc) is 3.38. The summed E-state index contributed by atoms with van der Waals surface area (Å²) in [7, 11) is 2.58. The maximum atomic E-state index is 14.3. The van der Waals surface area contributed by atoms with E-state index >= 15 is 0 Å². The number of nitrogens with one attached hydrogen (secondary N) is 16. The van der Waals surface area contributed by atoms with Gasteiger partial charge >= 0.3 is 11.9 Å². The summed E-state index contributed by atoms with van der Waals surface area (Å²) >= 11 is 0. The molecule has 28 N–H and O–H groups in total. The van der Waals surface area contributed by atoms with E-state index in [9.17, 15) is 68.1 Å². The SMILES string of the molecule is CNC(=O)[C@H](CC(=O)O)NC(=O)[C@H](C)NC(=O)[C@H](CO)NC(=O)[C@H](CCCNC(=N)N)NC(=O)[C@@H](CCCNC(=N)N)NC(=O)[C@H](CCCCN)NC(=O)[C@H](CCC(=O)O)NC(=O)[C@H](CCCNC(=N)N)NC(=O)[C@H](CO)NC. The Bertz CT molecular complexity index is 2080. The number of aliphatic hydroxyl groups excluding tert-OH is 2. The van der Waals surface area contributed by atoms with Gasteiger partial charge in [0, 0.05) is 33.1 Å². The highest BCUT2D eigenvalue weighted by Gasteiger charge is 2.35. The molecule has 0 heterocycles. The number of nitrogens with two attached hydrogens (primary N) is 4. The summed E-state index contributed by atoms with van der Waals surface area (Å²) in [5, 5.41) is 92.5. The van der Waals surface area contributed by atoms with Gasteiger partial charge in [-0.3, -0.25) is 69.0 Å². The molecule has 0 saturated carbocycles. The molecule has 448 valence electrons. The Hall–Kier alpha value is -8.18. The molecule has 0 aromatic carbocycles. The van der Waals surface area contributed by atoms with Crippen LogP contribution >= 0.6 is 0 Å². The quantitative estimate of drug-likeness (QED) is 0.0154. The van der Waals surface area contributed by atoms with Gasteiger partial charge in [0.2, 0.25) is 53.2 Å². The molecule has 35 heteroatoms. The zero-order valence-corrected chi connectivity index (χ0v) is 44.5. The lowest BCUT2D eigenvalue weighted by atomic mass is 10.0. The number of carboxylic acids is 2. The van der Waals surface area contributed by atoms with Crippen LogP contribution in [0.2, 0.25) is 0 Å². The van der Waals surface area contributed by atoms with E-state index in [0.717, 1.165) is 0 Å². The first-order valence-corrected chi connectivity index (χ1v) is 25.2. The number of aliphatic carboxylic acids is 2. The fourth-order valence-corrected chi connectivity index (χ4v) is 7.06. The monoisotopic (exact) mass is 1130 g/mol. The van der Waals surface area contributed by atoms with Crippen molar-refractivity contribution in [3.8, 4) is 0 Å². The maximum Gasteiger partial charge on any atom is 0.305 e. The van der Waals surface area contributed by atoms with Gasteiger partial charge in [0.1, 0.15) is 54.4 Å². The molecule has 0 aliphatic heterocycles. The standard InChI is InChI=1S/C44H82N20O15/c1-22(33(71)63-28(19-32(69)70)34(72)53-3)57-41(79)30(21-66)64-38(76)26(12-8-18-56-44(50)51)60-36(74)24(10-6-16-54-42(46)47)59-35(73)23(9-4-5-15-45)58-39(77)27(13-14-31(67)68)62-37(75)25(11-7-17-55-43(48)49)61-40(78)29(20-65)52-2/h22-30,52,65-66H,4-21,45H2,1-3H3,(H,53,72)(H,57,79)(H,58,77)(H,59,73)(H,60,74)(H,61,78)(H,62,75)(H,63,71)(H,64,76)(H,67,68)(H,69,70)(H4,46,47,54)(H4,48,49,55)(H4,50,51,56)/t22-,23-,24+,25-,26-,27-,28-,29-,30-/m0/s1. The number of likely N-dealkylation sites (N-methyl/N-ethyl adjacent to an activating group) is 2. The van der Waals surface area contributed by atoms with Crippen LogP contribution in [0.5, 0.6) is 0 Å². The first-order chi connectivity index (χ1) is 37.2. The molecule has 79 heavy (non-hydrogen) atoms. The summed E-state index contributed by atoms with van der Waals surface area (Å²) in [5.74, 6) is -12.9. The number of carbonyl (C=O) groups excluding carboxylic acids is 9. The first kappa shape index (κ1) is 70.8. The number of hydrogen-bond acceptors (Lipinski definition) is 18. The summed E-state index contributed by atoms with van der Waals surface area (Å²) in [5.41, 5.74) is 21.9. The average molecular weight is 1130 g/mol. The summed E-state index contributed by atoms with van der Waals surface area (Å²) in [4.78, 5) is 145. The van der Waals surface area contributed by atoms with Gasteiger partial charge in [-0.05, 0) is 84.7 Å². The predicted molar refractivity (Wildman–Crippen MR) is 282 cm³/mol. The normalized spacial score (nSPS) is 14.2. The zero-order valence-electron chi connectivity index (χ0n) is 44.5. The minimum absolute atomic E-state index is 0.00269. The second kappa shape index (κ2) is 39.2. The fourth-order valence-electron chi connectivity index (χ4n) is 7.06. The van der Waals surface area contributed by atoms with Crippen LogP contribution in [0, 0.1) is 16.2 Å². The van der Waals surface area contributed by atoms with Crippen LogP contribution in [-0.2, 0) is 52.7 Å². The van der Waals surface area contributed by atoms with Crippen molar-refractivity contribution in [1.29, 1.82) is 16.2 Å². The molecule has 0 unspecified atom stereocenters. The van der Waals surface area contributed by atoms with Gasteiger partial charge in [0.25, 0.3) is 0 Å². The highest BCUT2D eigenvalue weighted by Crippen LogP contribution is 2.10. The third kappa shape index (κ3) is 30.4. The molecule has 0 spiro atoms. The topological polar surface area (TPSA) is 601 Å². The molecule has 0 aliphatic carbocycles. The minimum atomic E-state index is -1.78. The van der Waals surface area contributed by atoms with E-state index in [2.05, 4.69) is 69.1 Å². The first-order valence-electron chi connectivity index (χ1n) is 25.2. The molecule has 0 aliphatic rings. The second-order valence-corrected chi connectivity index (χ2v) is 17.7. The Morgan fingerprint density at radius 1 is 0.418 bits per heavy atom. The van der Waals surface area contributed by atoms with Crippen molar-refractivity contribution < 1.29 is 73.2 Å². The molecule has 0 bridgehead atoms. The zero-order chi connectivity index (χ0) is 60.2. The Morgan fingerprint density at radius 3 is 1.06 bits per heavy atom. The second-order valence-electron chi connectivity index (χ2n) is 17.7. The fraction of sp³-hybridized carbons (Fsp3) is 0.682. The molecular weight excluding hydrogens is 1050 g/mol. The number of rotatable bonds is 41. The molecular formula is C44H82N20O15. The number of aliphatic hydroxyl groups is 2. The van der Waals surface area contributed by atoms with E-state index in [1.54, 1.807) is 0 Å². The Kier molecular flexibility index (Phi) is 35.2. The van der Waals surface area contributed by atoms with Crippen LogP contribution in [0.3, 0.4) is 0 Å². The summed E-state index contributed by atoms with van der Waals surface area (Å²) in [6, 6.07) is -13.5. The van der Waals surface area contributed by atoms with Crippen molar-refractivity contribution >= 4 is 83.0 Å². The van der Waals surface area contributed by atoms with Gasteiger partial charge in [-0.15, -0.1) is 0 Å². The van der Waals surface area contributed by atoms with Crippen LogP contribution in [0.25, 0.3) is 0 Å². The van der Waals surface area contributed by atoms with Crippen molar-refractivity contribution in [2.75, 3.05) is 53.5 Å². The number of hydrogen-bond donors (Lipinski definition) is 24. The molecule has 0 aromatic heterocycles. The van der Waals surface area contributed by atoms with Crippen molar-refractivity contribution in [2.45, 2.75) is 138 Å². The van der Waals surface area contributed by atoms with Crippen LogP contribution in [-0.4, -0.2) is 211 Å². The van der Waals surface area contributed by atoms with Crippen molar-refractivity contribution in [3.63, 3.8) is 0 Å². The molecule has 9 atom stereocenters. The molecule has 0 radical (unpaired) electrons. The third-order valence-corrected chi connectivity index (χ3v) is 11.4. The van der Waals surface area contributed by atoms with Gasteiger partial charge < -0.3 is 112 Å². The maximum absolute atomic E-state index is 14.3. The van der Waals surface area contributed by atoms with Gasteiger partial charge in [0.05, 0.1) is 19.6 Å². The van der Waals surface area contributed by atoms with E-state index in [-0.39, 0.29) is 83.5 Å². The number of carbonyl (C=O) groups is 11. The van der Waals surface area contributed by atoms with E-state index in [1.807, 2.05) is 0 Å². The van der Waals surface area contributed by atoms with Gasteiger partial charge in [-0.2, -0.15) is 0 Å². The Morgan fingerprint density at radius 2 is 0.747 bits per heavy atom. The lowest BCUT2D eigenvalue weighted by Gasteiger charge is -2.28. The van der Waals surface area contributed by atoms with E-state index in [1.165, 1.54) is 21.0 Å². The highest BCUT2D eigenvalue weighted by atomic mass is 16.4. The molecule has 0 aromatic rings. The molecule has 0 saturated heterocycles. The molecule has 35 nitrogen and oxygen atoms in total. The van der Waals surface area contributed by atoms with E-state index in [4.69, 9.17) is 44.3 Å². The summed E-state index contributed by atoms with van der Waals surface area (Å²) < 4.78 is 0. The van der Waals surface area contributed by atoms with E-state index in [0.29, 0.717) is 6.42 Å². The number of amides is 9. The van der Waals surface area contributed by atoms with Crippen LogP contribution in [0.15, 0.2) is 0 Å². The predicted octanol–water partition coefficient (Wildman–Crippen LogP) is -9.54. The van der Waals surface area contributed by atoms with Crippen molar-refractivity contribution in [2.24, 2.45) is 22.9 Å². The van der Waals surface area contributed by atoms with Crippen molar-refractivity contribution in [1.82, 2.24) is 69.1 Å². The largest absolute Gasteiger partial charge is 0.481 e. The Labute approximate surface area is 455 Å². The number of unbranched alkanes of at least 4 members (excludes halogenated alkanes) is 1. The van der Waals surface area contributed by atoms with Crippen LogP contribution < -0.4 is 92.1 Å². The molecule has 0 fully saturated rings. The Balaban J connectivity index is 6.93. The van der Waals surface area contributed by atoms with Crippen LogP contribution in [0.1, 0.15) is 84.0 Å². The van der Waals surface area contributed by atoms with Gasteiger partial charge in [0.15, 0.2) is 17.9 Å². The lowest BCUT2D eigenvalue weighted by Crippen LogP contribution is -2.60. The molecule has 9 amide bonds. The van der Waals surface area contributed by atoms with E-state index < -0.39 is 164 Å². The smallest absolute Gasteiger partial charge is 0.305 e. The molecule has 0 rings (SSSR count). The summed E-state index contributed by atoms with van der Waals surface area (Å²) in [6.45, 7) is -0.320. The highest BCUT2D eigenvalue weighted by molar-refractivity contribution is 5.98. The number of guanidine groups is 3. The minimum Gasteiger partial charge on any atom is -0.481 e.